The number of hydrogen-bond donors (Lipinski definition) is 1. The first-order valence-corrected chi connectivity index (χ1v) is 7.54. The van der Waals surface area contributed by atoms with Crippen LogP contribution in [0.2, 0.25) is 0 Å². The van der Waals surface area contributed by atoms with Crippen LogP contribution in [0.15, 0.2) is 18.5 Å². The van der Waals surface area contributed by atoms with E-state index in [1.165, 1.54) is 0 Å². The van der Waals surface area contributed by atoms with Gasteiger partial charge in [-0.25, -0.2) is 0 Å². The standard InChI is InChI=1S/C16H28N2O2/c1-6-16(5,18(7-2)8-3)15(19)13-10-14(20-9-4)12-17-11-13/h10-12,15,19H,6-9H2,1-5H3. The summed E-state index contributed by atoms with van der Waals surface area (Å²) in [4.78, 5) is 6.48. The number of ether oxygens (including phenoxy) is 1. The van der Waals surface area contributed by atoms with E-state index >= 15 is 0 Å². The van der Waals surface area contributed by atoms with Gasteiger partial charge < -0.3 is 9.84 Å². The zero-order chi connectivity index (χ0) is 15.2. The van der Waals surface area contributed by atoms with E-state index in [-0.39, 0.29) is 5.54 Å². The minimum atomic E-state index is -0.583. The normalized spacial score (nSPS) is 15.9. The quantitative estimate of drug-likeness (QED) is 0.795. The Hall–Kier alpha value is -1.13. The average Bonchev–Trinajstić information content (AvgIpc) is 2.48. The first-order valence-electron chi connectivity index (χ1n) is 7.54. The zero-order valence-corrected chi connectivity index (χ0v) is 13.4. The maximum atomic E-state index is 10.8. The van der Waals surface area contributed by atoms with Gasteiger partial charge >= 0.3 is 0 Å². The van der Waals surface area contributed by atoms with Gasteiger partial charge in [-0.05, 0) is 39.4 Å². The predicted octanol–water partition coefficient (Wildman–Crippen LogP) is 3.02. The molecule has 1 aromatic rings. The van der Waals surface area contributed by atoms with Crippen LogP contribution in [0, 0.1) is 0 Å². The molecule has 1 rings (SSSR count). The highest BCUT2D eigenvalue weighted by atomic mass is 16.5. The van der Waals surface area contributed by atoms with Crippen molar-refractivity contribution in [2.24, 2.45) is 0 Å². The summed E-state index contributed by atoms with van der Waals surface area (Å²) in [5.41, 5.74) is 0.517. The molecular formula is C16H28N2O2. The smallest absolute Gasteiger partial charge is 0.137 e. The van der Waals surface area contributed by atoms with E-state index in [0.29, 0.717) is 12.4 Å². The summed E-state index contributed by atoms with van der Waals surface area (Å²) < 4.78 is 5.47. The fraction of sp³-hybridized carbons (Fsp3) is 0.688. The number of likely N-dealkylation sites (N-methyl/N-ethyl adjacent to an activating group) is 1. The van der Waals surface area contributed by atoms with E-state index in [2.05, 4.69) is 37.6 Å². The molecule has 0 aromatic carbocycles. The van der Waals surface area contributed by atoms with Gasteiger partial charge in [0.05, 0.1) is 18.9 Å². The number of aliphatic hydroxyl groups is 1. The van der Waals surface area contributed by atoms with Crippen molar-refractivity contribution in [3.05, 3.63) is 24.0 Å². The summed E-state index contributed by atoms with van der Waals surface area (Å²) in [6.07, 6.45) is 3.69. The van der Waals surface area contributed by atoms with E-state index in [1.807, 2.05) is 13.0 Å². The largest absolute Gasteiger partial charge is 0.492 e. The Morgan fingerprint density at radius 2 is 1.90 bits per heavy atom. The maximum Gasteiger partial charge on any atom is 0.137 e. The lowest BCUT2D eigenvalue weighted by molar-refractivity contribution is -0.0216. The molecule has 0 spiro atoms. The molecule has 2 unspecified atom stereocenters. The molecule has 0 aliphatic heterocycles. The summed E-state index contributed by atoms with van der Waals surface area (Å²) in [6, 6.07) is 1.89. The third-order valence-corrected chi connectivity index (χ3v) is 4.15. The molecule has 1 N–H and O–H groups in total. The van der Waals surface area contributed by atoms with Crippen LogP contribution in [0.1, 0.15) is 52.7 Å². The molecule has 0 fully saturated rings. The van der Waals surface area contributed by atoms with Crippen LogP contribution in [-0.2, 0) is 0 Å². The SMILES string of the molecule is CCOc1cncc(C(O)C(C)(CC)N(CC)CC)c1. The number of hydrogen-bond acceptors (Lipinski definition) is 4. The van der Waals surface area contributed by atoms with E-state index in [9.17, 15) is 5.11 Å². The van der Waals surface area contributed by atoms with Crippen LogP contribution in [-0.4, -0.2) is 40.2 Å². The molecule has 0 amide bonds. The zero-order valence-electron chi connectivity index (χ0n) is 13.4. The van der Waals surface area contributed by atoms with Crippen molar-refractivity contribution in [2.75, 3.05) is 19.7 Å². The summed E-state index contributed by atoms with van der Waals surface area (Å²) in [5.74, 6) is 0.710. The van der Waals surface area contributed by atoms with Crippen LogP contribution in [0.5, 0.6) is 5.75 Å². The summed E-state index contributed by atoms with van der Waals surface area (Å²) in [5, 5.41) is 10.8. The Morgan fingerprint density at radius 3 is 2.40 bits per heavy atom. The number of aliphatic hydroxyl groups excluding tert-OH is 1. The molecule has 0 saturated heterocycles. The third kappa shape index (κ3) is 3.49. The molecule has 114 valence electrons. The van der Waals surface area contributed by atoms with Gasteiger partial charge in [0.15, 0.2) is 0 Å². The maximum absolute atomic E-state index is 10.8. The van der Waals surface area contributed by atoms with E-state index in [0.717, 1.165) is 25.1 Å². The molecule has 2 atom stereocenters. The van der Waals surface area contributed by atoms with Gasteiger partial charge in [0.2, 0.25) is 0 Å². The second-order valence-corrected chi connectivity index (χ2v) is 5.17. The van der Waals surface area contributed by atoms with Crippen molar-refractivity contribution >= 4 is 0 Å². The molecule has 0 aliphatic rings. The van der Waals surface area contributed by atoms with Gasteiger partial charge in [0, 0.05) is 17.3 Å². The molecule has 1 aromatic heterocycles. The lowest BCUT2D eigenvalue weighted by atomic mass is 9.85. The lowest BCUT2D eigenvalue weighted by Gasteiger charge is -2.43. The Bertz CT molecular complexity index is 407. The highest BCUT2D eigenvalue weighted by molar-refractivity contribution is 5.27. The first-order chi connectivity index (χ1) is 9.53. The van der Waals surface area contributed by atoms with Crippen molar-refractivity contribution < 1.29 is 9.84 Å². The minimum Gasteiger partial charge on any atom is -0.492 e. The molecule has 0 saturated carbocycles. The molecule has 0 bridgehead atoms. The molecule has 4 heteroatoms. The minimum absolute atomic E-state index is 0.296. The van der Waals surface area contributed by atoms with Crippen LogP contribution < -0.4 is 4.74 Å². The highest BCUT2D eigenvalue weighted by Crippen LogP contribution is 2.34. The topological polar surface area (TPSA) is 45.6 Å². The average molecular weight is 280 g/mol. The van der Waals surface area contributed by atoms with Gasteiger partial charge in [0.25, 0.3) is 0 Å². The Morgan fingerprint density at radius 1 is 1.25 bits per heavy atom. The van der Waals surface area contributed by atoms with E-state index in [4.69, 9.17) is 4.74 Å². The van der Waals surface area contributed by atoms with E-state index < -0.39 is 6.10 Å². The molecule has 4 nitrogen and oxygen atoms in total. The van der Waals surface area contributed by atoms with Crippen molar-refractivity contribution in [1.82, 2.24) is 9.88 Å². The highest BCUT2D eigenvalue weighted by Gasteiger charge is 2.37. The number of nitrogens with zero attached hydrogens (tertiary/aromatic N) is 2. The molecule has 0 radical (unpaired) electrons. The second kappa shape index (κ2) is 7.60. The van der Waals surface area contributed by atoms with Gasteiger partial charge in [-0.2, -0.15) is 0 Å². The van der Waals surface area contributed by atoms with Crippen LogP contribution >= 0.6 is 0 Å². The number of rotatable bonds is 8. The first kappa shape index (κ1) is 16.9. The third-order valence-electron chi connectivity index (χ3n) is 4.15. The van der Waals surface area contributed by atoms with Gasteiger partial charge in [-0.1, -0.05) is 20.8 Å². The Labute approximate surface area is 122 Å². The number of aromatic nitrogens is 1. The molecule has 1 heterocycles. The fourth-order valence-corrected chi connectivity index (χ4v) is 2.73. The van der Waals surface area contributed by atoms with Gasteiger partial charge in [-0.15, -0.1) is 0 Å². The van der Waals surface area contributed by atoms with Crippen LogP contribution in [0.25, 0.3) is 0 Å². The van der Waals surface area contributed by atoms with Gasteiger partial charge in [-0.3, -0.25) is 9.88 Å². The van der Waals surface area contributed by atoms with Crippen LogP contribution in [0.4, 0.5) is 0 Å². The van der Waals surface area contributed by atoms with Crippen molar-refractivity contribution in [3.8, 4) is 5.75 Å². The fourth-order valence-electron chi connectivity index (χ4n) is 2.73. The number of pyridine rings is 1. The summed E-state index contributed by atoms with van der Waals surface area (Å²) in [6.45, 7) is 12.8. The van der Waals surface area contributed by atoms with Gasteiger partial charge in [0.1, 0.15) is 5.75 Å². The molecular weight excluding hydrogens is 252 g/mol. The summed E-state index contributed by atoms with van der Waals surface area (Å²) in [7, 11) is 0. The predicted molar refractivity (Wildman–Crippen MR) is 82.0 cm³/mol. The van der Waals surface area contributed by atoms with E-state index in [1.54, 1.807) is 12.4 Å². The Balaban J connectivity index is 3.06. The molecule has 20 heavy (non-hydrogen) atoms. The molecule has 0 aliphatic carbocycles. The second-order valence-electron chi connectivity index (χ2n) is 5.17. The van der Waals surface area contributed by atoms with Crippen LogP contribution in [0.3, 0.4) is 0 Å². The lowest BCUT2D eigenvalue weighted by Crippen LogP contribution is -2.50. The summed E-state index contributed by atoms with van der Waals surface area (Å²) >= 11 is 0. The van der Waals surface area contributed by atoms with Crippen molar-refractivity contribution in [2.45, 2.75) is 52.7 Å². The van der Waals surface area contributed by atoms with Crippen molar-refractivity contribution in [1.29, 1.82) is 0 Å². The van der Waals surface area contributed by atoms with Crippen molar-refractivity contribution in [3.63, 3.8) is 0 Å². The monoisotopic (exact) mass is 280 g/mol. The Kier molecular flexibility index (Phi) is 6.43.